The quantitative estimate of drug-likeness (QED) is 0.740. The highest BCUT2D eigenvalue weighted by Gasteiger charge is 2.21. The number of rotatable bonds is 5. The van der Waals surface area contributed by atoms with E-state index in [-0.39, 0.29) is 18.0 Å². The lowest BCUT2D eigenvalue weighted by atomic mass is 10.1. The maximum Gasteiger partial charge on any atom is 0.237 e. The van der Waals surface area contributed by atoms with Crippen LogP contribution in [-0.4, -0.2) is 38.3 Å². The van der Waals surface area contributed by atoms with E-state index in [1.807, 2.05) is 0 Å². The van der Waals surface area contributed by atoms with Crippen molar-refractivity contribution in [1.29, 1.82) is 0 Å². The highest BCUT2D eigenvalue weighted by atomic mass is 16.5. The molecule has 4 heteroatoms. The summed E-state index contributed by atoms with van der Waals surface area (Å²) in [6.45, 7) is 3.61. The lowest BCUT2D eigenvalue weighted by Gasteiger charge is -2.21. The van der Waals surface area contributed by atoms with Crippen LogP contribution in [-0.2, 0) is 9.53 Å². The highest BCUT2D eigenvalue weighted by Crippen LogP contribution is 2.08. The number of carbonyl (C=O) groups is 1. The zero-order valence-electron chi connectivity index (χ0n) is 10.4. The molecule has 0 aliphatic carbocycles. The SMILES string of the molecule is CCC(COC)NC(=O)C1CCCCCN1. The monoisotopic (exact) mass is 228 g/mol. The van der Waals surface area contributed by atoms with Gasteiger partial charge in [-0.3, -0.25) is 4.79 Å². The molecule has 1 heterocycles. The lowest BCUT2D eigenvalue weighted by Crippen LogP contribution is -2.48. The molecule has 1 aliphatic heterocycles. The van der Waals surface area contributed by atoms with E-state index < -0.39 is 0 Å². The lowest BCUT2D eigenvalue weighted by molar-refractivity contribution is -0.124. The molecule has 0 bridgehead atoms. The van der Waals surface area contributed by atoms with Crippen molar-refractivity contribution in [2.24, 2.45) is 0 Å². The second-order valence-corrected chi connectivity index (χ2v) is 4.43. The summed E-state index contributed by atoms with van der Waals surface area (Å²) in [7, 11) is 1.67. The number of amides is 1. The summed E-state index contributed by atoms with van der Waals surface area (Å²) >= 11 is 0. The first-order valence-electron chi connectivity index (χ1n) is 6.30. The van der Waals surface area contributed by atoms with Crippen LogP contribution < -0.4 is 10.6 Å². The smallest absolute Gasteiger partial charge is 0.237 e. The van der Waals surface area contributed by atoms with Crippen molar-refractivity contribution in [1.82, 2.24) is 10.6 Å². The molecule has 2 atom stereocenters. The minimum Gasteiger partial charge on any atom is -0.383 e. The predicted octanol–water partition coefficient (Wildman–Crippen LogP) is 1.06. The summed E-state index contributed by atoms with van der Waals surface area (Å²) in [6.07, 6.45) is 5.42. The molecule has 4 nitrogen and oxygen atoms in total. The highest BCUT2D eigenvalue weighted by molar-refractivity contribution is 5.82. The molecule has 1 fully saturated rings. The van der Waals surface area contributed by atoms with Gasteiger partial charge in [0, 0.05) is 7.11 Å². The van der Waals surface area contributed by atoms with Crippen LogP contribution >= 0.6 is 0 Å². The van der Waals surface area contributed by atoms with Crippen LogP contribution in [0.1, 0.15) is 39.0 Å². The van der Waals surface area contributed by atoms with Crippen LogP contribution in [0.2, 0.25) is 0 Å². The van der Waals surface area contributed by atoms with Gasteiger partial charge in [-0.2, -0.15) is 0 Å². The minimum absolute atomic E-state index is 0.00611. The van der Waals surface area contributed by atoms with Crippen molar-refractivity contribution >= 4 is 5.91 Å². The number of hydrogen-bond acceptors (Lipinski definition) is 3. The number of ether oxygens (including phenoxy) is 1. The Kier molecular flexibility index (Phi) is 6.42. The van der Waals surface area contributed by atoms with Crippen LogP contribution in [0.3, 0.4) is 0 Å². The fourth-order valence-corrected chi connectivity index (χ4v) is 2.02. The van der Waals surface area contributed by atoms with Gasteiger partial charge in [-0.15, -0.1) is 0 Å². The number of methoxy groups -OCH3 is 1. The maximum atomic E-state index is 12.0. The van der Waals surface area contributed by atoms with Gasteiger partial charge < -0.3 is 15.4 Å². The molecule has 1 aliphatic rings. The molecule has 16 heavy (non-hydrogen) atoms. The first-order chi connectivity index (χ1) is 7.77. The summed E-state index contributed by atoms with van der Waals surface area (Å²) in [5.41, 5.74) is 0. The van der Waals surface area contributed by atoms with Crippen molar-refractivity contribution in [2.45, 2.75) is 51.1 Å². The van der Waals surface area contributed by atoms with Gasteiger partial charge in [0.15, 0.2) is 0 Å². The molecular formula is C12H24N2O2. The summed E-state index contributed by atoms with van der Waals surface area (Å²) in [5.74, 6) is 0.130. The third kappa shape index (κ3) is 4.49. The molecule has 1 rings (SSSR count). The summed E-state index contributed by atoms with van der Waals surface area (Å²) < 4.78 is 5.07. The van der Waals surface area contributed by atoms with Crippen molar-refractivity contribution in [3.05, 3.63) is 0 Å². The van der Waals surface area contributed by atoms with Gasteiger partial charge >= 0.3 is 0 Å². The van der Waals surface area contributed by atoms with Crippen LogP contribution in [0.25, 0.3) is 0 Å². The van der Waals surface area contributed by atoms with Gasteiger partial charge in [0.1, 0.15) is 0 Å². The molecule has 0 radical (unpaired) electrons. The largest absolute Gasteiger partial charge is 0.383 e. The summed E-state index contributed by atoms with van der Waals surface area (Å²) in [6, 6.07) is 0.135. The second kappa shape index (κ2) is 7.63. The Morgan fingerprint density at radius 3 is 3.00 bits per heavy atom. The average molecular weight is 228 g/mol. The van der Waals surface area contributed by atoms with E-state index in [2.05, 4.69) is 17.6 Å². The molecule has 0 aromatic rings. The molecule has 2 N–H and O–H groups in total. The van der Waals surface area contributed by atoms with E-state index in [1.165, 1.54) is 12.8 Å². The van der Waals surface area contributed by atoms with E-state index in [9.17, 15) is 4.79 Å². The van der Waals surface area contributed by atoms with Crippen molar-refractivity contribution in [2.75, 3.05) is 20.3 Å². The Bertz CT molecular complexity index is 201. The van der Waals surface area contributed by atoms with Crippen molar-refractivity contribution < 1.29 is 9.53 Å². The van der Waals surface area contributed by atoms with Crippen LogP contribution in [0.5, 0.6) is 0 Å². The third-order valence-corrected chi connectivity index (χ3v) is 3.08. The van der Waals surface area contributed by atoms with E-state index in [0.717, 1.165) is 25.8 Å². The number of carbonyl (C=O) groups excluding carboxylic acids is 1. The van der Waals surface area contributed by atoms with Gasteiger partial charge in [-0.1, -0.05) is 19.8 Å². The third-order valence-electron chi connectivity index (χ3n) is 3.08. The van der Waals surface area contributed by atoms with Crippen LogP contribution in [0.4, 0.5) is 0 Å². The molecule has 2 unspecified atom stereocenters. The second-order valence-electron chi connectivity index (χ2n) is 4.43. The Morgan fingerprint density at radius 2 is 2.31 bits per heavy atom. The minimum atomic E-state index is -0.00611. The van der Waals surface area contributed by atoms with Gasteiger partial charge in [-0.05, 0) is 25.8 Å². The van der Waals surface area contributed by atoms with E-state index in [4.69, 9.17) is 4.74 Å². The maximum absolute atomic E-state index is 12.0. The zero-order chi connectivity index (χ0) is 11.8. The van der Waals surface area contributed by atoms with Gasteiger partial charge in [-0.25, -0.2) is 0 Å². The fourth-order valence-electron chi connectivity index (χ4n) is 2.02. The van der Waals surface area contributed by atoms with Crippen LogP contribution in [0.15, 0.2) is 0 Å². The normalized spacial score (nSPS) is 23.5. The molecule has 0 aromatic heterocycles. The zero-order valence-corrected chi connectivity index (χ0v) is 10.4. The average Bonchev–Trinajstić information content (AvgIpc) is 2.56. The topological polar surface area (TPSA) is 50.4 Å². The number of hydrogen-bond donors (Lipinski definition) is 2. The molecule has 0 spiro atoms. The summed E-state index contributed by atoms with van der Waals surface area (Å²) in [5, 5.41) is 6.34. The Labute approximate surface area is 98.1 Å². The van der Waals surface area contributed by atoms with E-state index in [0.29, 0.717) is 6.61 Å². The Balaban J connectivity index is 2.36. The van der Waals surface area contributed by atoms with Gasteiger partial charge in [0.05, 0.1) is 18.7 Å². The molecule has 1 amide bonds. The van der Waals surface area contributed by atoms with Crippen molar-refractivity contribution in [3.63, 3.8) is 0 Å². The van der Waals surface area contributed by atoms with Crippen LogP contribution in [0, 0.1) is 0 Å². The van der Waals surface area contributed by atoms with Gasteiger partial charge in [0.2, 0.25) is 5.91 Å². The fraction of sp³-hybridized carbons (Fsp3) is 0.917. The first-order valence-corrected chi connectivity index (χ1v) is 6.30. The molecule has 94 valence electrons. The molecule has 1 saturated heterocycles. The standard InChI is InChI=1S/C12H24N2O2/c1-3-10(9-16-2)14-12(15)11-7-5-4-6-8-13-11/h10-11,13H,3-9H2,1-2H3,(H,14,15). The van der Waals surface area contributed by atoms with E-state index in [1.54, 1.807) is 7.11 Å². The molecule has 0 aromatic carbocycles. The molecular weight excluding hydrogens is 204 g/mol. The summed E-state index contributed by atoms with van der Waals surface area (Å²) in [4.78, 5) is 12.0. The predicted molar refractivity (Wildman–Crippen MR) is 64.4 cm³/mol. The number of nitrogens with one attached hydrogen (secondary N) is 2. The molecule has 0 saturated carbocycles. The first kappa shape index (κ1) is 13.5. The van der Waals surface area contributed by atoms with Gasteiger partial charge in [0.25, 0.3) is 0 Å². The Morgan fingerprint density at radius 1 is 1.50 bits per heavy atom. The Hall–Kier alpha value is -0.610. The van der Waals surface area contributed by atoms with E-state index >= 15 is 0 Å². The van der Waals surface area contributed by atoms with Crippen molar-refractivity contribution in [3.8, 4) is 0 Å².